The highest BCUT2D eigenvalue weighted by Gasteiger charge is 2.36. The maximum atomic E-state index is 12.7. The lowest BCUT2D eigenvalue weighted by atomic mass is 9.79. The van der Waals surface area contributed by atoms with Gasteiger partial charge in [-0.05, 0) is 42.4 Å². The Hall–Kier alpha value is -1.52. The van der Waals surface area contributed by atoms with Crippen molar-refractivity contribution in [3.8, 4) is 0 Å². The second kappa shape index (κ2) is 4.79. The van der Waals surface area contributed by atoms with Crippen LogP contribution in [0.5, 0.6) is 0 Å². The molecule has 20 heavy (non-hydrogen) atoms. The molecule has 1 aliphatic heterocycles. The van der Waals surface area contributed by atoms with Crippen LogP contribution < -0.4 is 5.32 Å². The number of anilines is 1. The molecule has 1 heterocycles. The number of alkyl halides is 3. The van der Waals surface area contributed by atoms with E-state index in [1.807, 2.05) is 0 Å². The van der Waals surface area contributed by atoms with Gasteiger partial charge < -0.3 is 5.32 Å². The summed E-state index contributed by atoms with van der Waals surface area (Å²) in [5, 5.41) is 2.59. The minimum absolute atomic E-state index is 0.0727. The first-order valence-electron chi connectivity index (χ1n) is 6.96. The molecule has 108 valence electrons. The van der Waals surface area contributed by atoms with Crippen molar-refractivity contribution >= 4 is 11.6 Å². The third-order valence-electron chi connectivity index (χ3n) is 4.43. The van der Waals surface area contributed by atoms with Crippen molar-refractivity contribution in [1.29, 1.82) is 0 Å². The molecule has 0 bridgehead atoms. The van der Waals surface area contributed by atoms with E-state index in [2.05, 4.69) is 5.32 Å². The van der Waals surface area contributed by atoms with E-state index in [0.29, 0.717) is 18.0 Å². The molecule has 0 radical (unpaired) electrons. The molecule has 0 aromatic heterocycles. The van der Waals surface area contributed by atoms with Crippen LogP contribution in [-0.2, 0) is 11.0 Å². The van der Waals surface area contributed by atoms with Gasteiger partial charge in [-0.25, -0.2) is 0 Å². The van der Waals surface area contributed by atoms with E-state index in [0.717, 1.165) is 43.4 Å². The Morgan fingerprint density at radius 1 is 1.15 bits per heavy atom. The number of carbonyl (C=O) groups excluding carboxylic acids is 1. The van der Waals surface area contributed by atoms with Crippen molar-refractivity contribution in [3.63, 3.8) is 0 Å². The van der Waals surface area contributed by atoms with Crippen molar-refractivity contribution < 1.29 is 18.0 Å². The minimum atomic E-state index is -4.37. The number of hydrogen-bond donors (Lipinski definition) is 1. The molecule has 1 atom stereocenters. The smallest absolute Gasteiger partial charge is 0.326 e. The van der Waals surface area contributed by atoms with Crippen LogP contribution in [0.2, 0.25) is 0 Å². The van der Waals surface area contributed by atoms with Gasteiger partial charge >= 0.3 is 6.18 Å². The zero-order chi connectivity index (χ0) is 14.3. The number of halogens is 3. The van der Waals surface area contributed by atoms with Gasteiger partial charge in [0.05, 0.1) is 5.56 Å². The number of rotatable bonds is 1. The molecule has 1 aromatic carbocycles. The first-order valence-corrected chi connectivity index (χ1v) is 6.96. The molecular weight excluding hydrogens is 267 g/mol. The largest absolute Gasteiger partial charge is 0.416 e. The molecule has 1 N–H and O–H groups in total. The van der Waals surface area contributed by atoms with E-state index in [1.165, 1.54) is 0 Å². The van der Waals surface area contributed by atoms with Gasteiger partial charge in [0.1, 0.15) is 0 Å². The van der Waals surface area contributed by atoms with Crippen molar-refractivity contribution in [3.05, 3.63) is 29.3 Å². The Bertz CT molecular complexity index is 532. The predicted octanol–water partition coefficient (Wildman–Crippen LogP) is 4.32. The lowest BCUT2D eigenvalue weighted by Crippen LogP contribution is -2.26. The summed E-state index contributed by atoms with van der Waals surface area (Å²) in [7, 11) is 0. The zero-order valence-electron chi connectivity index (χ0n) is 11.0. The summed E-state index contributed by atoms with van der Waals surface area (Å²) < 4.78 is 38.2. The molecule has 1 fully saturated rings. The van der Waals surface area contributed by atoms with E-state index in [4.69, 9.17) is 0 Å². The summed E-state index contributed by atoms with van der Waals surface area (Å²) in [5.74, 6) is 0.328. The Morgan fingerprint density at radius 3 is 2.50 bits per heavy atom. The van der Waals surface area contributed by atoms with Crippen LogP contribution in [-0.4, -0.2) is 5.91 Å². The highest BCUT2D eigenvalue weighted by Crippen LogP contribution is 2.45. The fraction of sp³-hybridized carbons (Fsp3) is 0.533. The Balaban J connectivity index is 1.98. The minimum Gasteiger partial charge on any atom is -0.326 e. The number of carbonyl (C=O) groups is 1. The third kappa shape index (κ3) is 2.41. The summed E-state index contributed by atoms with van der Waals surface area (Å²) in [6.45, 7) is 0. The molecule has 1 aliphatic carbocycles. The molecule has 0 saturated heterocycles. The van der Waals surface area contributed by atoms with Gasteiger partial charge in [-0.15, -0.1) is 0 Å². The first kappa shape index (κ1) is 13.5. The third-order valence-corrected chi connectivity index (χ3v) is 4.43. The fourth-order valence-corrected chi connectivity index (χ4v) is 3.46. The molecule has 5 heteroatoms. The summed E-state index contributed by atoms with van der Waals surface area (Å²) in [4.78, 5) is 11.8. The topological polar surface area (TPSA) is 29.1 Å². The summed E-state index contributed by atoms with van der Waals surface area (Å²) in [5.41, 5.74) is 0.501. The number of hydrogen-bond acceptors (Lipinski definition) is 1. The highest BCUT2D eigenvalue weighted by atomic mass is 19.4. The second-order valence-corrected chi connectivity index (χ2v) is 5.70. The van der Waals surface area contributed by atoms with Gasteiger partial charge in [-0.3, -0.25) is 4.79 Å². The summed E-state index contributed by atoms with van der Waals surface area (Å²) >= 11 is 0. The molecule has 1 saturated carbocycles. The van der Waals surface area contributed by atoms with E-state index in [9.17, 15) is 18.0 Å². The molecule has 1 unspecified atom stereocenters. The number of benzene rings is 1. The zero-order valence-corrected chi connectivity index (χ0v) is 11.0. The molecule has 1 aromatic rings. The molecular formula is C15H16F3NO. The number of fused-ring (bicyclic) bond motifs is 1. The van der Waals surface area contributed by atoms with Crippen LogP contribution in [0, 0.1) is 5.92 Å². The Kier molecular flexibility index (Phi) is 3.22. The van der Waals surface area contributed by atoms with E-state index < -0.39 is 11.7 Å². The predicted molar refractivity (Wildman–Crippen MR) is 69.4 cm³/mol. The molecule has 1 amide bonds. The van der Waals surface area contributed by atoms with Gasteiger partial charge in [-0.1, -0.05) is 18.9 Å². The average molecular weight is 283 g/mol. The van der Waals surface area contributed by atoms with Crippen LogP contribution in [0.3, 0.4) is 0 Å². The van der Waals surface area contributed by atoms with Crippen LogP contribution in [0.25, 0.3) is 0 Å². The lowest BCUT2D eigenvalue weighted by Gasteiger charge is -2.30. The van der Waals surface area contributed by atoms with Crippen molar-refractivity contribution in [2.75, 3.05) is 5.32 Å². The monoisotopic (exact) mass is 283 g/mol. The lowest BCUT2D eigenvalue weighted by molar-refractivity contribution is -0.137. The van der Waals surface area contributed by atoms with Gasteiger partial charge in [0, 0.05) is 12.1 Å². The van der Waals surface area contributed by atoms with Gasteiger partial charge in [-0.2, -0.15) is 13.2 Å². The van der Waals surface area contributed by atoms with E-state index in [-0.39, 0.29) is 11.8 Å². The van der Waals surface area contributed by atoms with E-state index in [1.54, 1.807) is 6.07 Å². The van der Waals surface area contributed by atoms with Crippen LogP contribution in [0.15, 0.2) is 18.2 Å². The van der Waals surface area contributed by atoms with Crippen LogP contribution in [0.4, 0.5) is 18.9 Å². The Labute approximate surface area is 115 Å². The van der Waals surface area contributed by atoms with Crippen molar-refractivity contribution in [2.45, 2.75) is 44.2 Å². The van der Waals surface area contributed by atoms with Crippen LogP contribution >= 0.6 is 0 Å². The molecule has 0 spiro atoms. The first-order chi connectivity index (χ1) is 9.45. The van der Waals surface area contributed by atoms with Gasteiger partial charge in [0.15, 0.2) is 0 Å². The standard InChI is InChI=1S/C15H16F3NO/c16-15(17,18)10-5-6-11-12(9-3-1-2-4-9)8-14(20)19-13(11)7-10/h5-7,9,12H,1-4,8H2,(H,19,20). The summed E-state index contributed by atoms with van der Waals surface area (Å²) in [6.07, 6.45) is 0.456. The molecule has 2 nitrogen and oxygen atoms in total. The van der Waals surface area contributed by atoms with Gasteiger partial charge in [0.2, 0.25) is 5.91 Å². The SMILES string of the molecule is O=C1CC(C2CCCC2)c2ccc(C(F)(F)F)cc2N1. The normalized spacial score (nSPS) is 23.6. The van der Waals surface area contributed by atoms with Crippen molar-refractivity contribution in [2.24, 2.45) is 5.92 Å². The number of nitrogens with one attached hydrogen (secondary N) is 1. The second-order valence-electron chi connectivity index (χ2n) is 5.70. The van der Waals surface area contributed by atoms with Crippen LogP contribution in [0.1, 0.15) is 49.1 Å². The highest BCUT2D eigenvalue weighted by molar-refractivity contribution is 5.94. The fourth-order valence-electron chi connectivity index (χ4n) is 3.46. The molecule has 2 aliphatic rings. The van der Waals surface area contributed by atoms with Crippen molar-refractivity contribution in [1.82, 2.24) is 0 Å². The Morgan fingerprint density at radius 2 is 1.85 bits per heavy atom. The number of amides is 1. The maximum Gasteiger partial charge on any atom is 0.416 e. The quantitative estimate of drug-likeness (QED) is 0.817. The van der Waals surface area contributed by atoms with E-state index >= 15 is 0 Å². The summed E-state index contributed by atoms with van der Waals surface area (Å²) in [6, 6.07) is 3.73. The van der Waals surface area contributed by atoms with Gasteiger partial charge in [0.25, 0.3) is 0 Å². The maximum absolute atomic E-state index is 12.7. The average Bonchev–Trinajstić information content (AvgIpc) is 2.89. The molecule has 3 rings (SSSR count).